The lowest BCUT2D eigenvalue weighted by Gasteiger charge is -2.09. The van der Waals surface area contributed by atoms with Crippen LogP contribution in [-0.4, -0.2) is 30.6 Å². The van der Waals surface area contributed by atoms with E-state index in [0.717, 1.165) is 10.4 Å². The van der Waals surface area contributed by atoms with Gasteiger partial charge in [-0.25, -0.2) is 14.6 Å². The van der Waals surface area contributed by atoms with Gasteiger partial charge in [0.15, 0.2) is 11.6 Å². The van der Waals surface area contributed by atoms with Crippen LogP contribution in [0.4, 0.5) is 5.82 Å². The normalized spacial score (nSPS) is 10.7. The quantitative estimate of drug-likeness (QED) is 0.558. The van der Waals surface area contributed by atoms with Gasteiger partial charge in [-0.15, -0.1) is 11.3 Å². The first-order valence-corrected chi connectivity index (χ1v) is 9.27. The summed E-state index contributed by atoms with van der Waals surface area (Å²) in [5.41, 5.74) is 1.02. The van der Waals surface area contributed by atoms with Crippen molar-refractivity contribution in [2.75, 3.05) is 5.32 Å². The molecule has 4 heterocycles. The first kappa shape index (κ1) is 17.0. The average molecular weight is 376 g/mol. The number of anilines is 1. The van der Waals surface area contributed by atoms with Crippen LogP contribution in [-0.2, 0) is 11.2 Å². The van der Waals surface area contributed by atoms with Crippen LogP contribution in [0, 0.1) is 0 Å². The molecule has 1 amide bonds. The van der Waals surface area contributed by atoms with Crippen molar-refractivity contribution in [3.63, 3.8) is 0 Å². The Labute approximate surface area is 159 Å². The Morgan fingerprint density at radius 1 is 1.15 bits per heavy atom. The predicted octanol–water partition coefficient (Wildman–Crippen LogP) is 3.36. The van der Waals surface area contributed by atoms with E-state index in [-0.39, 0.29) is 5.91 Å². The third kappa shape index (κ3) is 4.24. The van der Waals surface area contributed by atoms with Crippen molar-refractivity contribution in [1.29, 1.82) is 0 Å². The van der Waals surface area contributed by atoms with Crippen molar-refractivity contribution in [2.45, 2.75) is 12.8 Å². The van der Waals surface area contributed by atoms with Crippen molar-refractivity contribution >= 4 is 23.1 Å². The summed E-state index contributed by atoms with van der Waals surface area (Å²) in [6.07, 6.45) is 7.93. The second-order valence-electron chi connectivity index (χ2n) is 5.77. The summed E-state index contributed by atoms with van der Waals surface area (Å²) in [6, 6.07) is 11.2. The highest BCUT2D eigenvalue weighted by Crippen LogP contribution is 2.24. The maximum absolute atomic E-state index is 12.4. The van der Waals surface area contributed by atoms with E-state index >= 15 is 0 Å². The predicted molar refractivity (Wildman–Crippen MR) is 104 cm³/mol. The number of nitrogens with zero attached hydrogens (tertiary/aromatic N) is 5. The van der Waals surface area contributed by atoms with Gasteiger partial charge in [-0.1, -0.05) is 12.1 Å². The molecular weight excluding hydrogens is 360 g/mol. The molecule has 0 spiro atoms. The molecule has 7 nitrogen and oxygen atoms in total. The first-order valence-electron chi connectivity index (χ1n) is 8.40. The summed E-state index contributed by atoms with van der Waals surface area (Å²) >= 11 is 1.54. The van der Waals surface area contributed by atoms with Crippen LogP contribution in [0.3, 0.4) is 0 Å². The van der Waals surface area contributed by atoms with E-state index in [0.29, 0.717) is 30.3 Å². The van der Waals surface area contributed by atoms with E-state index < -0.39 is 0 Å². The molecule has 0 radical (unpaired) electrons. The van der Waals surface area contributed by atoms with Crippen molar-refractivity contribution in [3.05, 3.63) is 72.1 Å². The Hall–Kier alpha value is -3.39. The highest BCUT2D eigenvalue weighted by atomic mass is 32.1. The minimum Gasteiger partial charge on any atom is -0.311 e. The average Bonchev–Trinajstić information content (AvgIpc) is 3.41. The Balaban J connectivity index is 1.55. The zero-order valence-corrected chi connectivity index (χ0v) is 15.1. The second-order valence-corrected chi connectivity index (χ2v) is 6.72. The largest absolute Gasteiger partial charge is 0.311 e. The lowest BCUT2D eigenvalue weighted by Crippen LogP contribution is -2.15. The molecule has 8 heteroatoms. The van der Waals surface area contributed by atoms with E-state index in [4.69, 9.17) is 0 Å². The summed E-state index contributed by atoms with van der Waals surface area (Å²) in [7, 11) is 0. The van der Waals surface area contributed by atoms with Crippen LogP contribution in [0.15, 0.2) is 66.6 Å². The van der Waals surface area contributed by atoms with E-state index in [1.807, 2.05) is 35.7 Å². The molecule has 0 saturated heterocycles. The summed E-state index contributed by atoms with van der Waals surface area (Å²) in [6.45, 7) is 0. The number of hydrogen-bond acceptors (Lipinski definition) is 6. The van der Waals surface area contributed by atoms with Crippen molar-refractivity contribution < 1.29 is 4.79 Å². The molecule has 1 N–H and O–H groups in total. The molecule has 4 aromatic rings. The van der Waals surface area contributed by atoms with Crippen LogP contribution < -0.4 is 5.32 Å². The van der Waals surface area contributed by atoms with Gasteiger partial charge < -0.3 is 5.32 Å². The summed E-state index contributed by atoms with van der Waals surface area (Å²) in [5, 5.41) is 9.05. The first-order chi connectivity index (χ1) is 13.3. The fourth-order valence-corrected chi connectivity index (χ4v) is 3.20. The summed E-state index contributed by atoms with van der Waals surface area (Å²) in [5.74, 6) is 1.50. The smallest absolute Gasteiger partial charge is 0.225 e. The standard InChI is InChI=1S/C19H16N6OS/c26-18(7-6-14-4-1-8-20-13-14)22-16-12-17(25-10-3-9-21-25)24-19(23-16)15-5-2-11-27-15/h1-5,8-13H,6-7H2,(H,22,23,24,26). The topological polar surface area (TPSA) is 85.6 Å². The Morgan fingerprint density at radius 2 is 2.11 bits per heavy atom. The molecule has 0 aliphatic heterocycles. The van der Waals surface area contributed by atoms with Crippen LogP contribution in [0.5, 0.6) is 0 Å². The van der Waals surface area contributed by atoms with Gasteiger partial charge in [-0.2, -0.15) is 5.10 Å². The molecule has 4 rings (SSSR count). The highest BCUT2D eigenvalue weighted by Gasteiger charge is 2.12. The van der Waals surface area contributed by atoms with E-state index in [9.17, 15) is 4.79 Å². The summed E-state index contributed by atoms with van der Waals surface area (Å²) < 4.78 is 1.64. The van der Waals surface area contributed by atoms with Crippen molar-refractivity contribution in [3.8, 4) is 16.5 Å². The summed E-state index contributed by atoms with van der Waals surface area (Å²) in [4.78, 5) is 26.4. The minimum absolute atomic E-state index is 0.110. The lowest BCUT2D eigenvalue weighted by molar-refractivity contribution is -0.116. The van der Waals surface area contributed by atoms with E-state index in [1.165, 1.54) is 0 Å². The van der Waals surface area contributed by atoms with Crippen molar-refractivity contribution in [1.82, 2.24) is 24.7 Å². The molecule has 0 aromatic carbocycles. The van der Waals surface area contributed by atoms with Gasteiger partial charge in [-0.3, -0.25) is 9.78 Å². The molecule has 0 atom stereocenters. The number of amides is 1. The number of rotatable bonds is 6. The molecular formula is C19H16N6OS. The van der Waals surface area contributed by atoms with Crippen LogP contribution in [0.2, 0.25) is 0 Å². The van der Waals surface area contributed by atoms with Gasteiger partial charge in [0.2, 0.25) is 5.91 Å². The maximum atomic E-state index is 12.4. The van der Waals surface area contributed by atoms with Gasteiger partial charge >= 0.3 is 0 Å². The Kier molecular flexibility index (Phi) is 4.97. The van der Waals surface area contributed by atoms with Crippen LogP contribution in [0.25, 0.3) is 16.5 Å². The fraction of sp³-hybridized carbons (Fsp3) is 0.105. The zero-order valence-electron chi connectivity index (χ0n) is 14.3. The number of pyridine rings is 1. The fourth-order valence-electron chi connectivity index (χ4n) is 2.55. The molecule has 0 bridgehead atoms. The Bertz CT molecular complexity index is 963. The van der Waals surface area contributed by atoms with Gasteiger partial charge in [0.25, 0.3) is 0 Å². The van der Waals surface area contributed by atoms with Gasteiger partial charge in [0, 0.05) is 37.3 Å². The highest BCUT2D eigenvalue weighted by molar-refractivity contribution is 7.13. The van der Waals surface area contributed by atoms with Crippen molar-refractivity contribution in [2.24, 2.45) is 0 Å². The third-order valence-corrected chi connectivity index (χ3v) is 4.69. The number of aryl methyl sites for hydroxylation is 1. The molecule has 4 aromatic heterocycles. The molecule has 134 valence electrons. The molecule has 0 saturated carbocycles. The second kappa shape index (κ2) is 7.88. The molecule has 0 unspecified atom stereocenters. The molecule has 0 aliphatic rings. The number of aromatic nitrogens is 5. The Morgan fingerprint density at radius 3 is 2.85 bits per heavy atom. The monoisotopic (exact) mass is 376 g/mol. The number of hydrogen-bond donors (Lipinski definition) is 1. The van der Waals surface area contributed by atoms with E-state index in [2.05, 4.69) is 25.4 Å². The van der Waals surface area contributed by atoms with Gasteiger partial charge in [0.05, 0.1) is 4.88 Å². The van der Waals surface area contributed by atoms with Crippen LogP contribution in [0.1, 0.15) is 12.0 Å². The number of carbonyl (C=O) groups is 1. The lowest BCUT2D eigenvalue weighted by atomic mass is 10.1. The number of carbonyl (C=O) groups excluding carboxylic acids is 1. The number of nitrogens with one attached hydrogen (secondary N) is 1. The third-order valence-electron chi connectivity index (χ3n) is 3.82. The maximum Gasteiger partial charge on any atom is 0.225 e. The minimum atomic E-state index is -0.110. The molecule has 0 fully saturated rings. The molecule has 0 aliphatic carbocycles. The van der Waals surface area contributed by atoms with Crippen LogP contribution >= 0.6 is 11.3 Å². The van der Waals surface area contributed by atoms with Gasteiger partial charge in [-0.05, 0) is 35.6 Å². The van der Waals surface area contributed by atoms with Gasteiger partial charge in [0.1, 0.15) is 5.82 Å². The number of thiophene rings is 1. The molecule has 27 heavy (non-hydrogen) atoms. The zero-order chi connectivity index (χ0) is 18.5. The van der Waals surface area contributed by atoms with E-state index in [1.54, 1.807) is 46.9 Å². The SMILES string of the molecule is O=C(CCc1cccnc1)Nc1cc(-n2cccn2)nc(-c2cccs2)n1.